The first kappa shape index (κ1) is 55.2. The van der Waals surface area contributed by atoms with Gasteiger partial charge in [-0.15, -0.1) is 20.4 Å². The second-order valence-corrected chi connectivity index (χ2v) is 22.0. The van der Waals surface area contributed by atoms with Gasteiger partial charge in [0.05, 0.1) is 40.4 Å². The SMILES string of the molecule is COc1cc(-c2cc(F)cc(F)c2)c(Cl)cc1-c1nccc2cc(S(=O)(=O)Nc3nncs3)ccc12.COc1cc(Br)c(Cl)cc1-c1nccc2cc(S(=O)(=O)Nc3nncs3)ccc12.O[B]Oc1cc(F)cc(F)c1. The zero-order valence-electron chi connectivity index (χ0n) is 38.5. The Hall–Kier alpha value is -7.04. The van der Waals surface area contributed by atoms with E-state index in [1.54, 1.807) is 67.9 Å². The molecular formula is C48H31BBrCl2F4N8O8S4. The molecule has 0 fully saturated rings. The normalized spacial score (nSPS) is 11.2. The van der Waals surface area contributed by atoms with E-state index >= 15 is 0 Å². The van der Waals surface area contributed by atoms with Crippen LogP contribution in [0.15, 0.2) is 147 Å². The third-order valence-electron chi connectivity index (χ3n) is 10.5. The van der Waals surface area contributed by atoms with Crippen molar-refractivity contribution in [3.63, 3.8) is 0 Å². The van der Waals surface area contributed by atoms with Gasteiger partial charge in [-0.3, -0.25) is 19.4 Å². The van der Waals surface area contributed by atoms with E-state index in [9.17, 15) is 34.4 Å². The number of pyridine rings is 2. The summed E-state index contributed by atoms with van der Waals surface area (Å²) in [6.45, 7) is 0. The second-order valence-electron chi connectivity index (χ2n) is 15.3. The Morgan fingerprint density at radius 2 is 1.05 bits per heavy atom. The number of anilines is 2. The van der Waals surface area contributed by atoms with Crippen molar-refractivity contribution in [3.8, 4) is 50.9 Å². The molecule has 4 aromatic heterocycles. The van der Waals surface area contributed by atoms with Gasteiger partial charge in [0.2, 0.25) is 10.3 Å². The average Bonchev–Trinajstić information content (AvgIpc) is 4.12. The first-order chi connectivity index (χ1) is 36.4. The lowest BCUT2D eigenvalue weighted by Gasteiger charge is -2.15. The van der Waals surface area contributed by atoms with Crippen LogP contribution in [0.2, 0.25) is 10.0 Å². The van der Waals surface area contributed by atoms with Gasteiger partial charge in [0.25, 0.3) is 20.0 Å². The van der Waals surface area contributed by atoms with E-state index in [-0.39, 0.29) is 36.4 Å². The van der Waals surface area contributed by atoms with Gasteiger partial charge < -0.3 is 19.2 Å². The first-order valence-electron chi connectivity index (χ1n) is 21.2. The van der Waals surface area contributed by atoms with Crippen LogP contribution in [0.3, 0.4) is 0 Å². The predicted molar refractivity (Wildman–Crippen MR) is 287 cm³/mol. The number of hydrogen-bond donors (Lipinski definition) is 3. The number of aromatic nitrogens is 6. The zero-order chi connectivity index (χ0) is 54.3. The molecule has 0 saturated carbocycles. The highest BCUT2D eigenvalue weighted by Crippen LogP contribution is 2.42. The minimum atomic E-state index is -3.88. The molecule has 0 atom stereocenters. The second kappa shape index (κ2) is 23.9. The van der Waals surface area contributed by atoms with Crippen LogP contribution < -0.4 is 23.6 Å². The summed E-state index contributed by atoms with van der Waals surface area (Å²) in [5, 5.41) is 26.6. The van der Waals surface area contributed by atoms with Gasteiger partial charge in [-0.1, -0.05) is 58.0 Å². The first-order valence-corrected chi connectivity index (χ1v) is 27.5. The highest BCUT2D eigenvalue weighted by molar-refractivity contribution is 9.10. The molecule has 0 aliphatic heterocycles. The molecule has 0 spiro atoms. The van der Waals surface area contributed by atoms with Crippen LogP contribution in [0, 0.1) is 23.3 Å². The number of nitrogens with zero attached hydrogens (tertiary/aromatic N) is 6. The van der Waals surface area contributed by atoms with E-state index < -0.39 is 43.3 Å². The number of rotatable bonds is 13. The number of ether oxygens (including phenoxy) is 2. The lowest BCUT2D eigenvalue weighted by Crippen LogP contribution is -2.12. The van der Waals surface area contributed by atoms with E-state index in [1.807, 2.05) is 0 Å². The van der Waals surface area contributed by atoms with Crippen molar-refractivity contribution in [2.75, 3.05) is 23.7 Å². The molecule has 4 heterocycles. The van der Waals surface area contributed by atoms with Crippen molar-refractivity contribution in [2.45, 2.75) is 9.79 Å². The molecule has 16 nitrogen and oxygen atoms in total. The lowest BCUT2D eigenvalue weighted by atomic mass is 9.98. The molecule has 3 N–H and O–H groups in total. The summed E-state index contributed by atoms with van der Waals surface area (Å²) in [6, 6.07) is 25.3. The molecule has 0 aliphatic rings. The Balaban J connectivity index is 0.000000171. The van der Waals surface area contributed by atoms with Crippen molar-refractivity contribution in [3.05, 3.63) is 170 Å². The molecule has 0 unspecified atom stereocenters. The van der Waals surface area contributed by atoms with Gasteiger partial charge >= 0.3 is 7.69 Å². The number of methoxy groups -OCH3 is 2. The van der Waals surface area contributed by atoms with Crippen molar-refractivity contribution < 1.29 is 53.5 Å². The van der Waals surface area contributed by atoms with E-state index in [1.165, 1.54) is 54.7 Å². The van der Waals surface area contributed by atoms with Gasteiger partial charge in [-0.25, -0.2) is 34.4 Å². The maximum Gasteiger partial charge on any atom is 0.569 e. The topological polar surface area (TPSA) is 218 Å². The maximum absolute atomic E-state index is 13.8. The molecule has 6 aromatic carbocycles. The molecular weight excluding hydrogens is 1180 g/mol. The van der Waals surface area contributed by atoms with Crippen LogP contribution in [0.4, 0.5) is 27.8 Å². The standard InChI is InChI=1S/C24H15ClF2N4O3S2.C18H12BrClN4O3S2.C6H4BF2O2/c1-34-22-11-19(14-6-15(26)9-16(27)7-14)21(25)10-20(22)23-18-3-2-17(8-13(18)4-5-28-23)36(32,33)31-24-30-29-12-35-24;1-27-16-8-14(19)15(20)7-13(16)17-12-3-2-11(6-10(12)4-5-21-17)29(25,26)24-18-23-22-9-28-18;8-4-1-5(9)3-6(2-4)11-7-10/h2-12H,1H3,(H,30,31);2-9H,1H3,(H,23,24);1-3,10H. The Bertz CT molecular complexity index is 3960. The van der Waals surface area contributed by atoms with Crippen LogP contribution in [-0.4, -0.2) is 74.1 Å². The Morgan fingerprint density at radius 1 is 0.592 bits per heavy atom. The summed E-state index contributed by atoms with van der Waals surface area (Å²) in [5.74, 6) is -2.07. The van der Waals surface area contributed by atoms with Gasteiger partial charge in [-0.2, -0.15) is 0 Å². The summed E-state index contributed by atoms with van der Waals surface area (Å²) < 4.78 is 124. The molecule has 0 aliphatic carbocycles. The van der Waals surface area contributed by atoms with E-state index in [0.29, 0.717) is 79.0 Å². The van der Waals surface area contributed by atoms with Crippen LogP contribution in [0.5, 0.6) is 17.2 Å². The van der Waals surface area contributed by atoms with Crippen molar-refractivity contribution in [2.24, 2.45) is 0 Å². The van der Waals surface area contributed by atoms with Crippen LogP contribution in [0.25, 0.3) is 55.2 Å². The van der Waals surface area contributed by atoms with Crippen molar-refractivity contribution in [1.82, 2.24) is 30.4 Å². The molecule has 0 amide bonds. The van der Waals surface area contributed by atoms with E-state index in [2.05, 4.69) is 60.4 Å². The number of benzene rings is 6. The van der Waals surface area contributed by atoms with E-state index in [4.69, 9.17) is 37.7 Å². The summed E-state index contributed by atoms with van der Waals surface area (Å²) in [7, 11) is -4.30. The average molecular weight is 1210 g/mol. The maximum atomic E-state index is 13.8. The summed E-state index contributed by atoms with van der Waals surface area (Å²) in [5.41, 5.74) is 5.86. The summed E-state index contributed by atoms with van der Waals surface area (Å²) in [6.07, 6.45) is 3.15. The van der Waals surface area contributed by atoms with Crippen molar-refractivity contribution in [1.29, 1.82) is 0 Å². The number of sulfonamides is 2. The number of hydrogen-bond acceptors (Lipinski definition) is 16. The fraction of sp³-hybridized carbons (Fsp3) is 0.0417. The fourth-order valence-corrected chi connectivity index (χ4v) is 11.5. The van der Waals surface area contributed by atoms with Gasteiger partial charge in [0.1, 0.15) is 51.5 Å². The van der Waals surface area contributed by atoms with Gasteiger partial charge in [0, 0.05) is 73.6 Å². The molecule has 1 radical (unpaired) electrons. The number of halogens is 7. The molecule has 0 saturated heterocycles. The highest BCUT2D eigenvalue weighted by atomic mass is 79.9. The quantitative estimate of drug-likeness (QED) is 0.0723. The van der Waals surface area contributed by atoms with Crippen molar-refractivity contribution >= 4 is 121 Å². The molecule has 387 valence electrons. The zero-order valence-corrected chi connectivity index (χ0v) is 44.9. The third-order valence-corrected chi connectivity index (χ3v) is 16.2. The predicted octanol–water partition coefficient (Wildman–Crippen LogP) is 12.0. The Kier molecular flexibility index (Phi) is 17.3. The molecule has 10 rings (SSSR count). The molecule has 76 heavy (non-hydrogen) atoms. The number of nitrogens with one attached hydrogen (secondary N) is 2. The molecule has 0 bridgehead atoms. The Labute approximate surface area is 456 Å². The van der Waals surface area contributed by atoms with Gasteiger partial charge in [0.15, 0.2) is 0 Å². The number of fused-ring (bicyclic) bond motifs is 2. The summed E-state index contributed by atoms with van der Waals surface area (Å²) >= 11 is 18.3. The van der Waals surface area contributed by atoms with Crippen LogP contribution in [0.1, 0.15) is 0 Å². The largest absolute Gasteiger partial charge is 0.569 e. The van der Waals surface area contributed by atoms with Crippen LogP contribution >= 0.6 is 61.8 Å². The minimum absolute atomic E-state index is 0.0378. The van der Waals surface area contributed by atoms with Gasteiger partial charge in [-0.05, 0) is 105 Å². The van der Waals surface area contributed by atoms with E-state index in [0.717, 1.165) is 46.3 Å². The monoisotopic (exact) mass is 1210 g/mol. The molecule has 28 heteroatoms. The Morgan fingerprint density at radius 3 is 1.50 bits per heavy atom. The van der Waals surface area contributed by atoms with Crippen LogP contribution in [-0.2, 0) is 20.0 Å². The highest BCUT2D eigenvalue weighted by Gasteiger charge is 2.22. The minimum Gasteiger partial charge on any atom is -0.537 e. The lowest BCUT2D eigenvalue weighted by molar-refractivity contribution is 0.416. The fourth-order valence-electron chi connectivity index (χ4n) is 7.24. The third kappa shape index (κ3) is 13.0. The molecule has 10 aromatic rings. The smallest absolute Gasteiger partial charge is 0.537 e. The summed E-state index contributed by atoms with van der Waals surface area (Å²) in [4.78, 5) is 9.09.